The standard InChI is InChI=1S/C18H21N3O2S/c1-4-21(5-2)19-18(22)20(3)24-16-12-8-6-10-14(16)23-15-11-7-9-13-17(15)24/h6-13H,4-5H2,1-3H3/p+1. The van der Waals surface area contributed by atoms with Crippen LogP contribution in [0, 0.1) is 0 Å². The second-order valence-corrected chi connectivity index (χ2v) is 7.36. The van der Waals surface area contributed by atoms with E-state index in [4.69, 9.17) is 4.74 Å². The van der Waals surface area contributed by atoms with E-state index >= 15 is 0 Å². The van der Waals surface area contributed by atoms with Gasteiger partial charge >= 0.3 is 6.03 Å². The molecule has 0 saturated heterocycles. The fourth-order valence-corrected chi connectivity index (χ4v) is 4.64. The van der Waals surface area contributed by atoms with Gasteiger partial charge in [-0.05, 0) is 12.1 Å². The Balaban J connectivity index is 1.96. The molecule has 1 aliphatic rings. The number of benzene rings is 2. The third kappa shape index (κ3) is 3.07. The van der Waals surface area contributed by atoms with E-state index < -0.39 is 11.1 Å². The number of urea groups is 1. The summed E-state index contributed by atoms with van der Waals surface area (Å²) in [5, 5.41) is 1.89. The molecule has 2 aromatic rings. The van der Waals surface area contributed by atoms with Gasteiger partial charge in [0.05, 0.1) is 7.05 Å². The highest BCUT2D eigenvalue weighted by atomic mass is 32.2. The third-order valence-corrected chi connectivity index (χ3v) is 6.13. The quantitative estimate of drug-likeness (QED) is 0.680. The number of nitrogens with one attached hydrogen (secondary N) is 1. The molecular formula is C18H22N3O2S+. The predicted molar refractivity (Wildman–Crippen MR) is 96.1 cm³/mol. The van der Waals surface area contributed by atoms with Crippen molar-refractivity contribution in [2.75, 3.05) is 20.1 Å². The minimum atomic E-state index is -0.520. The highest BCUT2D eigenvalue weighted by Crippen LogP contribution is 2.44. The summed E-state index contributed by atoms with van der Waals surface area (Å²) in [6, 6.07) is 15.7. The molecule has 0 atom stereocenters. The minimum Gasteiger partial charge on any atom is -0.447 e. The molecule has 5 nitrogen and oxygen atoms in total. The van der Waals surface area contributed by atoms with Crippen molar-refractivity contribution in [3.63, 3.8) is 0 Å². The summed E-state index contributed by atoms with van der Waals surface area (Å²) in [5.74, 6) is 1.61. The first-order chi connectivity index (χ1) is 11.7. The van der Waals surface area contributed by atoms with Crippen molar-refractivity contribution in [2.45, 2.75) is 23.6 Å². The molecule has 0 aromatic heterocycles. The van der Waals surface area contributed by atoms with Crippen molar-refractivity contribution in [1.29, 1.82) is 0 Å². The van der Waals surface area contributed by atoms with Crippen molar-refractivity contribution < 1.29 is 9.53 Å². The van der Waals surface area contributed by atoms with Crippen LogP contribution in [-0.2, 0) is 11.1 Å². The zero-order valence-corrected chi connectivity index (χ0v) is 15.0. The van der Waals surface area contributed by atoms with Gasteiger partial charge in [0.2, 0.25) is 9.79 Å². The van der Waals surface area contributed by atoms with Crippen molar-refractivity contribution in [3.8, 4) is 11.5 Å². The van der Waals surface area contributed by atoms with Gasteiger partial charge in [-0.25, -0.2) is 9.80 Å². The molecule has 0 aliphatic carbocycles. The predicted octanol–water partition coefficient (Wildman–Crippen LogP) is 3.64. The Hall–Kier alpha value is -2.18. The fourth-order valence-electron chi connectivity index (χ4n) is 2.59. The SMILES string of the molecule is CCN(CC)NC(=O)N(C)[S+]1c2ccccc2Oc2ccccc21. The number of rotatable bonds is 4. The zero-order chi connectivity index (χ0) is 17.1. The maximum atomic E-state index is 12.7. The summed E-state index contributed by atoms with van der Waals surface area (Å²) in [6.45, 7) is 5.57. The first kappa shape index (κ1) is 16.7. The number of hydrazine groups is 1. The topological polar surface area (TPSA) is 44.8 Å². The van der Waals surface area contributed by atoms with Gasteiger partial charge in [-0.1, -0.05) is 38.1 Å². The van der Waals surface area contributed by atoms with E-state index in [1.165, 1.54) is 0 Å². The molecule has 3 rings (SSSR count). The average Bonchev–Trinajstić information content (AvgIpc) is 2.63. The molecule has 0 radical (unpaired) electrons. The summed E-state index contributed by atoms with van der Waals surface area (Å²) >= 11 is -0.520. The summed E-state index contributed by atoms with van der Waals surface area (Å²) in [6.07, 6.45) is 0. The van der Waals surface area contributed by atoms with E-state index in [9.17, 15) is 4.79 Å². The molecule has 0 bridgehead atoms. The average molecular weight is 344 g/mol. The van der Waals surface area contributed by atoms with Crippen LogP contribution >= 0.6 is 0 Å². The Morgan fingerprint density at radius 1 is 1.00 bits per heavy atom. The smallest absolute Gasteiger partial charge is 0.373 e. The van der Waals surface area contributed by atoms with Crippen LogP contribution < -0.4 is 10.2 Å². The molecule has 1 N–H and O–H groups in total. The molecule has 126 valence electrons. The van der Waals surface area contributed by atoms with E-state index in [0.717, 1.165) is 34.4 Å². The first-order valence-electron chi connectivity index (χ1n) is 8.05. The highest BCUT2D eigenvalue weighted by molar-refractivity contribution is 7.95. The first-order valence-corrected chi connectivity index (χ1v) is 9.23. The Kier molecular flexibility index (Phi) is 4.97. The Morgan fingerprint density at radius 3 is 2.00 bits per heavy atom. The lowest BCUT2D eigenvalue weighted by atomic mass is 10.3. The number of carbonyl (C=O) groups is 1. The molecule has 0 fully saturated rings. The molecule has 1 aliphatic heterocycles. The zero-order valence-electron chi connectivity index (χ0n) is 14.2. The molecule has 2 amide bonds. The van der Waals surface area contributed by atoms with E-state index in [1.807, 2.05) is 74.4 Å². The maximum Gasteiger partial charge on any atom is 0.373 e. The number of hydrogen-bond donors (Lipinski definition) is 1. The van der Waals surface area contributed by atoms with E-state index in [0.29, 0.717) is 0 Å². The lowest BCUT2D eigenvalue weighted by Gasteiger charge is -2.26. The van der Waals surface area contributed by atoms with E-state index in [1.54, 1.807) is 4.31 Å². The summed E-state index contributed by atoms with van der Waals surface area (Å²) in [4.78, 5) is 14.8. The lowest BCUT2D eigenvalue weighted by molar-refractivity contribution is 0.177. The molecule has 0 unspecified atom stereocenters. The van der Waals surface area contributed by atoms with Crippen molar-refractivity contribution >= 4 is 17.1 Å². The number of ether oxygens (including phenoxy) is 1. The Bertz CT molecular complexity index is 688. The number of amides is 2. The normalized spacial score (nSPS) is 13.0. The number of nitrogens with zero attached hydrogens (tertiary/aromatic N) is 2. The van der Waals surface area contributed by atoms with Crippen LogP contribution in [0.5, 0.6) is 11.5 Å². The van der Waals surface area contributed by atoms with Gasteiger partial charge in [0, 0.05) is 25.2 Å². The van der Waals surface area contributed by atoms with Crippen molar-refractivity contribution in [2.24, 2.45) is 0 Å². The molecule has 2 aromatic carbocycles. The minimum absolute atomic E-state index is 0.117. The molecule has 1 heterocycles. The second-order valence-electron chi connectivity index (χ2n) is 5.37. The number of fused-ring (bicyclic) bond motifs is 2. The monoisotopic (exact) mass is 344 g/mol. The van der Waals surface area contributed by atoms with Gasteiger partial charge in [-0.3, -0.25) is 5.43 Å². The van der Waals surface area contributed by atoms with Crippen LogP contribution in [0.15, 0.2) is 58.3 Å². The van der Waals surface area contributed by atoms with Crippen molar-refractivity contribution in [1.82, 2.24) is 14.7 Å². The van der Waals surface area contributed by atoms with E-state index in [-0.39, 0.29) is 6.03 Å². The summed E-state index contributed by atoms with van der Waals surface area (Å²) < 4.78 is 7.76. The number of carbonyl (C=O) groups excluding carboxylic acids is 1. The van der Waals surface area contributed by atoms with Crippen LogP contribution in [0.25, 0.3) is 0 Å². The van der Waals surface area contributed by atoms with Gasteiger partial charge in [-0.15, -0.1) is 4.31 Å². The Labute approximate surface area is 145 Å². The number of para-hydroxylation sites is 2. The van der Waals surface area contributed by atoms with Crippen LogP contribution in [-0.4, -0.2) is 35.5 Å². The Morgan fingerprint density at radius 2 is 1.50 bits per heavy atom. The van der Waals surface area contributed by atoms with Crippen LogP contribution in [0.1, 0.15) is 13.8 Å². The van der Waals surface area contributed by atoms with E-state index in [2.05, 4.69) is 5.43 Å². The summed E-state index contributed by atoms with van der Waals surface area (Å²) in [7, 11) is 1.83. The maximum absolute atomic E-state index is 12.7. The number of hydrogen-bond acceptors (Lipinski definition) is 3. The largest absolute Gasteiger partial charge is 0.447 e. The molecule has 0 spiro atoms. The van der Waals surface area contributed by atoms with Gasteiger partial charge in [-0.2, -0.15) is 0 Å². The van der Waals surface area contributed by atoms with Gasteiger partial charge in [0.15, 0.2) is 22.6 Å². The van der Waals surface area contributed by atoms with Gasteiger partial charge < -0.3 is 4.74 Å². The van der Waals surface area contributed by atoms with Gasteiger partial charge in [0.1, 0.15) is 0 Å². The molecular weight excluding hydrogens is 322 g/mol. The lowest BCUT2D eigenvalue weighted by Crippen LogP contribution is -2.49. The van der Waals surface area contributed by atoms with Crippen LogP contribution in [0.3, 0.4) is 0 Å². The second kappa shape index (κ2) is 7.15. The molecule has 6 heteroatoms. The van der Waals surface area contributed by atoms with Crippen LogP contribution in [0.4, 0.5) is 4.79 Å². The van der Waals surface area contributed by atoms with Gasteiger partial charge in [0.25, 0.3) is 0 Å². The third-order valence-electron chi connectivity index (χ3n) is 3.91. The fraction of sp³-hybridized carbons (Fsp3) is 0.278. The van der Waals surface area contributed by atoms with Crippen LogP contribution in [0.2, 0.25) is 0 Å². The molecule has 24 heavy (non-hydrogen) atoms. The van der Waals surface area contributed by atoms with Crippen molar-refractivity contribution in [3.05, 3.63) is 48.5 Å². The summed E-state index contributed by atoms with van der Waals surface area (Å²) in [5.41, 5.74) is 2.96. The molecule has 0 saturated carbocycles. The highest BCUT2D eigenvalue weighted by Gasteiger charge is 2.43.